The van der Waals surface area contributed by atoms with Crippen LogP contribution in [0.15, 0.2) is 18.2 Å². The fourth-order valence-corrected chi connectivity index (χ4v) is 2.39. The maximum absolute atomic E-state index is 10.4. The van der Waals surface area contributed by atoms with Crippen molar-refractivity contribution in [2.75, 3.05) is 0 Å². The Morgan fingerprint density at radius 2 is 1.47 bits per heavy atom. The molecule has 82 valence electrons. The van der Waals surface area contributed by atoms with Crippen LogP contribution in [0.1, 0.15) is 37.7 Å². The average molecular weight is 208 g/mol. The van der Waals surface area contributed by atoms with E-state index in [1.807, 2.05) is 0 Å². The first-order valence-electron chi connectivity index (χ1n) is 5.37. The smallest absolute Gasteiger partial charge is 0.125 e. The second-order valence-corrected chi connectivity index (χ2v) is 4.26. The first-order valence-corrected chi connectivity index (χ1v) is 5.37. The van der Waals surface area contributed by atoms with Gasteiger partial charge in [-0.2, -0.15) is 0 Å². The van der Waals surface area contributed by atoms with E-state index in [2.05, 4.69) is 0 Å². The molecule has 1 aromatic rings. The number of hydrogen-bond donors (Lipinski definition) is 3. The van der Waals surface area contributed by atoms with Gasteiger partial charge in [-0.05, 0) is 25.0 Å². The summed E-state index contributed by atoms with van der Waals surface area (Å²) in [6.45, 7) is 0. The molecule has 1 aromatic carbocycles. The highest BCUT2D eigenvalue weighted by Crippen LogP contribution is 2.44. The van der Waals surface area contributed by atoms with Gasteiger partial charge in [-0.15, -0.1) is 0 Å². The van der Waals surface area contributed by atoms with Crippen molar-refractivity contribution >= 4 is 0 Å². The van der Waals surface area contributed by atoms with Crippen LogP contribution in [-0.4, -0.2) is 15.3 Å². The third-order valence-corrected chi connectivity index (χ3v) is 3.17. The zero-order valence-electron chi connectivity index (χ0n) is 8.61. The highest BCUT2D eigenvalue weighted by Gasteiger charge is 2.35. The van der Waals surface area contributed by atoms with Crippen LogP contribution < -0.4 is 0 Å². The number of phenols is 2. The average Bonchev–Trinajstić information content (AvgIpc) is 2.18. The summed E-state index contributed by atoms with van der Waals surface area (Å²) in [5.41, 5.74) is -0.752. The van der Waals surface area contributed by atoms with Crippen molar-refractivity contribution in [2.24, 2.45) is 0 Å². The summed E-state index contributed by atoms with van der Waals surface area (Å²) in [5, 5.41) is 29.8. The SMILES string of the molecule is Oc1cccc(O)c1C1(O)CCCCC1. The lowest BCUT2D eigenvalue weighted by atomic mass is 9.79. The minimum absolute atomic E-state index is 0.0144. The first kappa shape index (κ1) is 10.3. The van der Waals surface area contributed by atoms with E-state index in [1.54, 1.807) is 6.07 Å². The number of rotatable bonds is 1. The molecule has 0 bridgehead atoms. The second-order valence-electron chi connectivity index (χ2n) is 4.26. The zero-order chi connectivity index (χ0) is 10.9. The Morgan fingerprint density at radius 1 is 0.933 bits per heavy atom. The molecule has 3 N–H and O–H groups in total. The lowest BCUT2D eigenvalue weighted by Crippen LogP contribution is -2.28. The maximum atomic E-state index is 10.4. The van der Waals surface area contributed by atoms with Gasteiger partial charge in [-0.3, -0.25) is 0 Å². The molecule has 0 radical (unpaired) electrons. The van der Waals surface area contributed by atoms with Crippen LogP contribution in [0.4, 0.5) is 0 Å². The number of hydrogen-bond acceptors (Lipinski definition) is 3. The van der Waals surface area contributed by atoms with Crippen LogP contribution >= 0.6 is 0 Å². The predicted octanol–water partition coefficient (Wildman–Crippen LogP) is 2.25. The Hall–Kier alpha value is -1.22. The Balaban J connectivity index is 2.42. The Kier molecular flexibility index (Phi) is 2.57. The monoisotopic (exact) mass is 208 g/mol. The first-order chi connectivity index (χ1) is 7.13. The van der Waals surface area contributed by atoms with Gasteiger partial charge in [-0.1, -0.05) is 25.3 Å². The molecule has 1 aliphatic rings. The zero-order valence-corrected chi connectivity index (χ0v) is 8.61. The largest absolute Gasteiger partial charge is 0.507 e. The van der Waals surface area contributed by atoms with Crippen molar-refractivity contribution in [1.82, 2.24) is 0 Å². The van der Waals surface area contributed by atoms with Crippen molar-refractivity contribution in [3.63, 3.8) is 0 Å². The van der Waals surface area contributed by atoms with Crippen LogP contribution in [0.3, 0.4) is 0 Å². The van der Waals surface area contributed by atoms with E-state index in [9.17, 15) is 15.3 Å². The van der Waals surface area contributed by atoms with Crippen molar-refractivity contribution in [1.29, 1.82) is 0 Å². The lowest BCUT2D eigenvalue weighted by Gasteiger charge is -2.33. The quantitative estimate of drug-likeness (QED) is 0.663. The summed E-state index contributed by atoms with van der Waals surface area (Å²) < 4.78 is 0. The van der Waals surface area contributed by atoms with Crippen molar-refractivity contribution < 1.29 is 15.3 Å². The molecule has 15 heavy (non-hydrogen) atoms. The fraction of sp³-hybridized carbons (Fsp3) is 0.500. The van der Waals surface area contributed by atoms with Crippen LogP contribution in [0.25, 0.3) is 0 Å². The summed E-state index contributed by atoms with van der Waals surface area (Å²) in [7, 11) is 0. The van der Waals surface area contributed by atoms with E-state index in [1.165, 1.54) is 12.1 Å². The lowest BCUT2D eigenvalue weighted by molar-refractivity contribution is -0.00445. The molecule has 2 rings (SSSR count). The summed E-state index contributed by atoms with van der Waals surface area (Å²) in [5.74, 6) is -0.0289. The molecule has 1 fully saturated rings. The molecular formula is C12H16O3. The van der Waals surface area contributed by atoms with Crippen molar-refractivity contribution in [3.05, 3.63) is 23.8 Å². The fourth-order valence-electron chi connectivity index (χ4n) is 2.39. The number of benzene rings is 1. The second kappa shape index (κ2) is 3.74. The standard InChI is InChI=1S/C12H16O3/c13-9-5-4-6-10(14)11(9)12(15)7-2-1-3-8-12/h4-6,13-15H,1-3,7-8H2. The molecule has 0 atom stereocenters. The molecule has 3 nitrogen and oxygen atoms in total. The molecule has 0 spiro atoms. The highest BCUT2D eigenvalue weighted by molar-refractivity contribution is 5.47. The van der Waals surface area contributed by atoms with Crippen LogP contribution in [0.5, 0.6) is 11.5 Å². The molecule has 1 saturated carbocycles. The molecule has 0 amide bonds. The van der Waals surface area contributed by atoms with Crippen molar-refractivity contribution in [2.45, 2.75) is 37.7 Å². The molecule has 1 aliphatic carbocycles. The summed E-state index contributed by atoms with van der Waals surface area (Å²) in [6, 6.07) is 4.57. The summed E-state index contributed by atoms with van der Waals surface area (Å²) in [4.78, 5) is 0. The molecule has 3 heteroatoms. The topological polar surface area (TPSA) is 60.7 Å². The van der Waals surface area contributed by atoms with E-state index in [0.29, 0.717) is 18.4 Å². The number of aromatic hydroxyl groups is 2. The van der Waals surface area contributed by atoms with Gasteiger partial charge in [0.2, 0.25) is 0 Å². The van der Waals surface area contributed by atoms with Gasteiger partial charge in [0.15, 0.2) is 0 Å². The molecule has 0 aromatic heterocycles. The Morgan fingerprint density at radius 3 is 2.00 bits per heavy atom. The van der Waals surface area contributed by atoms with Gasteiger partial charge in [0.1, 0.15) is 11.5 Å². The van der Waals surface area contributed by atoms with Gasteiger partial charge < -0.3 is 15.3 Å². The molecular weight excluding hydrogens is 192 g/mol. The van der Waals surface area contributed by atoms with E-state index in [-0.39, 0.29) is 11.5 Å². The van der Waals surface area contributed by atoms with E-state index < -0.39 is 5.60 Å². The van der Waals surface area contributed by atoms with Crippen LogP contribution in [0, 0.1) is 0 Å². The molecule has 0 saturated heterocycles. The van der Waals surface area contributed by atoms with Crippen molar-refractivity contribution in [3.8, 4) is 11.5 Å². The Labute approximate surface area is 89.0 Å². The predicted molar refractivity (Wildman–Crippen MR) is 56.8 cm³/mol. The van der Waals surface area contributed by atoms with Gasteiger partial charge in [0.25, 0.3) is 0 Å². The van der Waals surface area contributed by atoms with Gasteiger partial charge in [0, 0.05) is 0 Å². The van der Waals surface area contributed by atoms with E-state index >= 15 is 0 Å². The number of aliphatic hydroxyl groups is 1. The Bertz CT molecular complexity index is 334. The summed E-state index contributed by atoms with van der Waals surface area (Å²) >= 11 is 0. The molecule has 0 aliphatic heterocycles. The normalized spacial score (nSPS) is 20.1. The minimum atomic E-state index is -1.05. The summed E-state index contributed by atoms with van der Waals surface area (Å²) in [6.07, 6.45) is 4.20. The highest BCUT2D eigenvalue weighted by atomic mass is 16.3. The third kappa shape index (κ3) is 1.79. The molecule has 0 unspecified atom stereocenters. The van der Waals surface area contributed by atoms with E-state index in [4.69, 9.17) is 0 Å². The number of phenolic OH excluding ortho intramolecular Hbond substituents is 2. The van der Waals surface area contributed by atoms with Crippen LogP contribution in [0.2, 0.25) is 0 Å². The van der Waals surface area contributed by atoms with Gasteiger partial charge in [0.05, 0.1) is 11.2 Å². The van der Waals surface area contributed by atoms with Gasteiger partial charge in [-0.25, -0.2) is 0 Å². The van der Waals surface area contributed by atoms with Gasteiger partial charge >= 0.3 is 0 Å². The maximum Gasteiger partial charge on any atom is 0.125 e. The van der Waals surface area contributed by atoms with E-state index in [0.717, 1.165) is 19.3 Å². The third-order valence-electron chi connectivity index (χ3n) is 3.17. The van der Waals surface area contributed by atoms with Crippen LogP contribution in [-0.2, 0) is 5.60 Å². The molecule has 0 heterocycles. The minimum Gasteiger partial charge on any atom is -0.507 e.